The van der Waals surface area contributed by atoms with Gasteiger partial charge in [-0.05, 0) is 23.7 Å². The van der Waals surface area contributed by atoms with E-state index in [1.807, 2.05) is 30.3 Å². The van der Waals surface area contributed by atoms with Gasteiger partial charge in [-0.1, -0.05) is 51.1 Å². The Bertz CT molecular complexity index is 455. The normalized spacial score (nSPS) is 12.2. The van der Waals surface area contributed by atoms with E-state index < -0.39 is 8.32 Å². The van der Waals surface area contributed by atoms with Crippen LogP contribution in [0.3, 0.4) is 0 Å². The Morgan fingerprint density at radius 2 is 1.82 bits per heavy atom. The summed E-state index contributed by atoms with van der Waals surface area (Å²) in [6.07, 6.45) is 0. The van der Waals surface area contributed by atoms with Crippen molar-refractivity contribution >= 4 is 14.3 Å². The SMILES string of the molecule is CC(C)(C)[Si](C)(C)OCCNCC(=O)OCc1ccccc1. The molecule has 4 nitrogen and oxygen atoms in total. The zero-order valence-corrected chi connectivity index (χ0v) is 15.4. The van der Waals surface area contributed by atoms with Crippen LogP contribution in [-0.2, 0) is 20.6 Å². The summed E-state index contributed by atoms with van der Waals surface area (Å²) in [5, 5.41) is 3.28. The molecule has 22 heavy (non-hydrogen) atoms. The third kappa shape index (κ3) is 6.73. The lowest BCUT2D eigenvalue weighted by Crippen LogP contribution is -2.42. The fourth-order valence-electron chi connectivity index (χ4n) is 1.57. The van der Waals surface area contributed by atoms with Crippen LogP contribution in [0.5, 0.6) is 0 Å². The summed E-state index contributed by atoms with van der Waals surface area (Å²) in [5.41, 5.74) is 0.997. The Labute approximate surface area is 135 Å². The maximum Gasteiger partial charge on any atom is 0.320 e. The Morgan fingerprint density at radius 1 is 1.18 bits per heavy atom. The standard InChI is InChI=1S/C17H29NO3Si/c1-17(2,3)22(4,5)21-12-11-18-13-16(19)20-14-15-9-7-6-8-10-15/h6-10,18H,11-14H2,1-5H3. The van der Waals surface area contributed by atoms with Crippen molar-refractivity contribution in [3.8, 4) is 0 Å². The molecule has 0 bridgehead atoms. The molecule has 0 unspecified atom stereocenters. The monoisotopic (exact) mass is 323 g/mol. The van der Waals surface area contributed by atoms with E-state index >= 15 is 0 Å². The summed E-state index contributed by atoms with van der Waals surface area (Å²) in [6.45, 7) is 12.9. The minimum atomic E-state index is -1.70. The first kappa shape index (κ1) is 18.9. The highest BCUT2D eigenvalue weighted by Crippen LogP contribution is 2.36. The fraction of sp³-hybridized carbons (Fsp3) is 0.588. The molecule has 124 valence electrons. The zero-order valence-electron chi connectivity index (χ0n) is 14.4. The quantitative estimate of drug-likeness (QED) is 0.453. The van der Waals surface area contributed by atoms with Crippen LogP contribution in [0, 0.1) is 0 Å². The molecule has 1 aromatic rings. The molecule has 0 spiro atoms. The number of hydrogen-bond donors (Lipinski definition) is 1. The largest absolute Gasteiger partial charge is 0.460 e. The Morgan fingerprint density at radius 3 is 2.41 bits per heavy atom. The molecule has 0 saturated heterocycles. The zero-order chi connectivity index (χ0) is 16.6. The van der Waals surface area contributed by atoms with Gasteiger partial charge in [0.1, 0.15) is 6.61 Å². The van der Waals surface area contributed by atoms with Crippen LogP contribution in [0.2, 0.25) is 18.1 Å². The summed E-state index contributed by atoms with van der Waals surface area (Å²) >= 11 is 0. The highest BCUT2D eigenvalue weighted by atomic mass is 28.4. The molecule has 0 amide bonds. The van der Waals surface area contributed by atoms with Crippen molar-refractivity contribution in [1.29, 1.82) is 0 Å². The number of nitrogens with one attached hydrogen (secondary N) is 1. The molecular formula is C17H29NO3Si. The first-order chi connectivity index (χ1) is 10.2. The highest BCUT2D eigenvalue weighted by molar-refractivity contribution is 6.74. The van der Waals surface area contributed by atoms with Gasteiger partial charge in [-0.25, -0.2) is 0 Å². The van der Waals surface area contributed by atoms with Crippen molar-refractivity contribution in [2.75, 3.05) is 19.7 Å². The van der Waals surface area contributed by atoms with E-state index in [4.69, 9.17) is 9.16 Å². The smallest absolute Gasteiger partial charge is 0.320 e. The first-order valence-electron chi connectivity index (χ1n) is 7.76. The minimum Gasteiger partial charge on any atom is -0.460 e. The maximum absolute atomic E-state index is 11.6. The third-order valence-corrected chi connectivity index (χ3v) is 8.60. The van der Waals surface area contributed by atoms with Gasteiger partial charge in [0.2, 0.25) is 0 Å². The van der Waals surface area contributed by atoms with Crippen LogP contribution in [0.15, 0.2) is 30.3 Å². The highest BCUT2D eigenvalue weighted by Gasteiger charge is 2.36. The molecule has 0 aliphatic carbocycles. The second kappa shape index (κ2) is 8.46. The molecule has 0 aromatic heterocycles. The molecule has 0 fully saturated rings. The van der Waals surface area contributed by atoms with E-state index in [2.05, 4.69) is 39.2 Å². The van der Waals surface area contributed by atoms with Gasteiger partial charge in [-0.3, -0.25) is 4.79 Å². The van der Waals surface area contributed by atoms with Gasteiger partial charge < -0.3 is 14.5 Å². The molecule has 1 rings (SSSR count). The van der Waals surface area contributed by atoms with E-state index in [-0.39, 0.29) is 17.6 Å². The van der Waals surface area contributed by atoms with Crippen LogP contribution in [0.25, 0.3) is 0 Å². The predicted molar refractivity (Wildman–Crippen MR) is 92.3 cm³/mol. The number of benzene rings is 1. The van der Waals surface area contributed by atoms with Crippen molar-refractivity contribution in [3.63, 3.8) is 0 Å². The van der Waals surface area contributed by atoms with Crippen molar-refractivity contribution in [3.05, 3.63) is 35.9 Å². The van der Waals surface area contributed by atoms with Crippen LogP contribution in [0.1, 0.15) is 26.3 Å². The lowest BCUT2D eigenvalue weighted by molar-refractivity contribution is -0.143. The lowest BCUT2D eigenvalue weighted by atomic mass is 10.2. The van der Waals surface area contributed by atoms with Crippen LogP contribution >= 0.6 is 0 Å². The van der Waals surface area contributed by atoms with Crippen LogP contribution in [-0.4, -0.2) is 34.0 Å². The predicted octanol–water partition coefficient (Wildman–Crippen LogP) is 3.34. The fourth-order valence-corrected chi connectivity index (χ4v) is 2.62. The van der Waals surface area contributed by atoms with E-state index in [1.165, 1.54) is 0 Å². The van der Waals surface area contributed by atoms with Gasteiger partial charge in [0.25, 0.3) is 0 Å². The Hall–Kier alpha value is -1.17. The molecule has 0 radical (unpaired) electrons. The molecule has 0 saturated carbocycles. The number of carbonyl (C=O) groups excluding carboxylic acids is 1. The van der Waals surface area contributed by atoms with E-state index in [0.717, 1.165) is 5.56 Å². The van der Waals surface area contributed by atoms with E-state index in [1.54, 1.807) is 0 Å². The Balaban J connectivity index is 2.13. The Kier molecular flexibility index (Phi) is 7.26. The number of ether oxygens (including phenoxy) is 1. The van der Waals surface area contributed by atoms with Gasteiger partial charge in [-0.2, -0.15) is 0 Å². The molecule has 1 aromatic carbocycles. The van der Waals surface area contributed by atoms with Crippen molar-refractivity contribution in [1.82, 2.24) is 5.32 Å². The van der Waals surface area contributed by atoms with Crippen molar-refractivity contribution in [2.24, 2.45) is 0 Å². The second-order valence-electron chi connectivity index (χ2n) is 6.93. The number of hydrogen-bond acceptors (Lipinski definition) is 4. The molecule has 0 atom stereocenters. The summed E-state index contributed by atoms with van der Waals surface area (Å²) in [4.78, 5) is 11.6. The number of carbonyl (C=O) groups is 1. The number of rotatable bonds is 8. The first-order valence-corrected chi connectivity index (χ1v) is 10.7. The van der Waals surface area contributed by atoms with Crippen LogP contribution < -0.4 is 5.32 Å². The van der Waals surface area contributed by atoms with Crippen molar-refractivity contribution in [2.45, 2.75) is 45.5 Å². The average Bonchev–Trinajstić information content (AvgIpc) is 2.44. The van der Waals surface area contributed by atoms with Gasteiger partial charge in [0, 0.05) is 13.2 Å². The molecule has 5 heteroatoms. The van der Waals surface area contributed by atoms with E-state index in [0.29, 0.717) is 19.8 Å². The van der Waals surface area contributed by atoms with Gasteiger partial charge in [-0.15, -0.1) is 0 Å². The number of esters is 1. The molecular weight excluding hydrogens is 294 g/mol. The molecule has 0 aliphatic heterocycles. The molecule has 0 aliphatic rings. The van der Waals surface area contributed by atoms with Crippen LogP contribution in [0.4, 0.5) is 0 Å². The third-order valence-electron chi connectivity index (χ3n) is 4.06. The summed E-state index contributed by atoms with van der Waals surface area (Å²) < 4.78 is 11.2. The summed E-state index contributed by atoms with van der Waals surface area (Å²) in [6, 6.07) is 9.68. The minimum absolute atomic E-state index is 0.210. The van der Waals surface area contributed by atoms with Crippen molar-refractivity contribution < 1.29 is 14.0 Å². The molecule has 0 heterocycles. The van der Waals surface area contributed by atoms with Gasteiger partial charge in [0.05, 0.1) is 6.54 Å². The average molecular weight is 324 g/mol. The lowest BCUT2D eigenvalue weighted by Gasteiger charge is -2.36. The van der Waals surface area contributed by atoms with Gasteiger partial charge >= 0.3 is 5.97 Å². The molecule has 1 N–H and O–H groups in total. The van der Waals surface area contributed by atoms with E-state index in [9.17, 15) is 4.79 Å². The summed E-state index contributed by atoms with van der Waals surface area (Å²) in [5.74, 6) is -0.240. The second-order valence-corrected chi connectivity index (χ2v) is 11.7. The topological polar surface area (TPSA) is 47.6 Å². The maximum atomic E-state index is 11.6. The summed E-state index contributed by atoms with van der Waals surface area (Å²) in [7, 11) is -1.70. The van der Waals surface area contributed by atoms with Gasteiger partial charge in [0.15, 0.2) is 8.32 Å².